The Morgan fingerprint density at radius 3 is 1.38 bits per heavy atom. The zero-order valence-corrected chi connectivity index (χ0v) is 39.6. The molecule has 0 saturated carbocycles. The van der Waals surface area contributed by atoms with Gasteiger partial charge in [-0.05, 0) is 136 Å². The maximum atomic E-state index is 5.31. The summed E-state index contributed by atoms with van der Waals surface area (Å²) in [6, 6.07) is 57.9. The highest BCUT2D eigenvalue weighted by Crippen LogP contribution is 2.46. The van der Waals surface area contributed by atoms with Crippen LogP contribution >= 0.6 is 0 Å². The molecule has 0 unspecified atom stereocenters. The summed E-state index contributed by atoms with van der Waals surface area (Å²) in [5.74, 6) is 1.94. The first-order valence-corrected chi connectivity index (χ1v) is 23.6. The highest BCUT2D eigenvalue weighted by molar-refractivity contribution is 5.92. The van der Waals surface area contributed by atoms with Crippen molar-refractivity contribution in [2.45, 2.75) is 112 Å². The van der Waals surface area contributed by atoms with Crippen molar-refractivity contribution in [3.8, 4) is 72.7 Å². The fourth-order valence-corrected chi connectivity index (χ4v) is 10.7. The Morgan fingerprint density at radius 1 is 0.422 bits per heavy atom. The first-order valence-electron chi connectivity index (χ1n) is 23.6. The van der Waals surface area contributed by atoms with Gasteiger partial charge in [-0.2, -0.15) is 0 Å². The lowest BCUT2D eigenvalue weighted by atomic mass is 9.74. The summed E-state index contributed by atoms with van der Waals surface area (Å²) in [6.07, 6.45) is 6.39. The smallest absolute Gasteiger partial charge is 0.168 e. The average molecular weight is 840 g/mol. The van der Waals surface area contributed by atoms with E-state index in [0.29, 0.717) is 0 Å². The molecule has 0 aliphatic rings. The van der Waals surface area contributed by atoms with Crippen molar-refractivity contribution in [3.63, 3.8) is 0 Å². The van der Waals surface area contributed by atoms with Gasteiger partial charge in [0.05, 0.1) is 5.69 Å². The Balaban J connectivity index is 1.39. The second-order valence-corrected chi connectivity index (χ2v) is 19.0. The topological polar surface area (TPSA) is 30.7 Å². The Bertz CT molecular complexity index is 2760. The highest BCUT2D eigenvalue weighted by Gasteiger charge is 2.37. The van der Waals surface area contributed by atoms with Crippen LogP contribution in [-0.4, -0.2) is 14.8 Å². The van der Waals surface area contributed by atoms with E-state index < -0.39 is 0 Å². The molecule has 0 N–H and O–H groups in total. The van der Waals surface area contributed by atoms with Gasteiger partial charge in [0.25, 0.3) is 0 Å². The van der Waals surface area contributed by atoms with Crippen molar-refractivity contribution in [2.24, 2.45) is 0 Å². The quantitative estimate of drug-likeness (QED) is 0.109. The van der Waals surface area contributed by atoms with Crippen molar-refractivity contribution in [1.29, 1.82) is 0 Å². The maximum Gasteiger partial charge on any atom is 0.168 e. The third-order valence-electron chi connectivity index (χ3n) is 13.5. The van der Waals surface area contributed by atoms with E-state index in [1.807, 2.05) is 0 Å². The maximum absolute atomic E-state index is 5.31. The first kappa shape index (κ1) is 44.3. The van der Waals surface area contributed by atoms with Crippen LogP contribution in [0.15, 0.2) is 158 Å². The molecule has 0 radical (unpaired) electrons. The van der Waals surface area contributed by atoms with Crippen LogP contribution in [0.3, 0.4) is 0 Å². The normalized spacial score (nSPS) is 11.9. The predicted molar refractivity (Wildman–Crippen MR) is 273 cm³/mol. The van der Waals surface area contributed by atoms with Crippen molar-refractivity contribution >= 4 is 0 Å². The van der Waals surface area contributed by atoms with E-state index in [2.05, 4.69) is 225 Å². The van der Waals surface area contributed by atoms with Crippen molar-refractivity contribution in [2.75, 3.05) is 0 Å². The molecule has 8 rings (SSSR count). The Hall–Kier alpha value is -6.32. The summed E-state index contributed by atoms with van der Waals surface area (Å²) < 4.78 is 2.45. The molecule has 0 spiro atoms. The van der Waals surface area contributed by atoms with Gasteiger partial charge >= 0.3 is 0 Å². The molecule has 64 heavy (non-hydrogen) atoms. The number of benzene rings is 7. The SMILES string of the molecule is CCCC(CCC)(CCC)c1nnc(-c2cccc(-c3c(C)c(-c4ccccc4)c(C)c(-c4ccccc4)c3C)c2)n1-c1ccc(-c2ccc(C(C)(C)C)cc2)cc1-c1ccccc1. The molecular weight excluding hydrogens is 775 g/mol. The van der Waals surface area contributed by atoms with Gasteiger partial charge in [-0.1, -0.05) is 200 Å². The van der Waals surface area contributed by atoms with Crippen molar-refractivity contribution in [1.82, 2.24) is 14.8 Å². The van der Waals surface area contributed by atoms with Crippen LogP contribution in [0.4, 0.5) is 0 Å². The summed E-state index contributed by atoms with van der Waals surface area (Å²) in [5.41, 5.74) is 19.6. The van der Waals surface area contributed by atoms with Gasteiger partial charge < -0.3 is 0 Å². The lowest BCUT2D eigenvalue weighted by molar-refractivity contribution is 0.304. The minimum absolute atomic E-state index is 0.0866. The summed E-state index contributed by atoms with van der Waals surface area (Å²) in [5, 5.41) is 10.6. The van der Waals surface area contributed by atoms with Crippen LogP contribution < -0.4 is 0 Å². The molecule has 8 aromatic rings. The number of hydrogen-bond acceptors (Lipinski definition) is 2. The van der Waals surface area contributed by atoms with E-state index >= 15 is 0 Å². The summed E-state index contributed by atoms with van der Waals surface area (Å²) in [7, 11) is 0. The largest absolute Gasteiger partial charge is 0.278 e. The van der Waals surface area contributed by atoms with Crippen LogP contribution in [0, 0.1) is 20.8 Å². The summed E-state index contributed by atoms with van der Waals surface area (Å²) in [4.78, 5) is 0. The van der Waals surface area contributed by atoms with Crippen LogP contribution in [0.2, 0.25) is 0 Å². The first-order chi connectivity index (χ1) is 31.0. The fraction of sp³-hybridized carbons (Fsp3) is 0.279. The van der Waals surface area contributed by atoms with E-state index in [0.717, 1.165) is 61.4 Å². The van der Waals surface area contributed by atoms with Gasteiger partial charge in [0, 0.05) is 16.5 Å². The van der Waals surface area contributed by atoms with Crippen LogP contribution in [0.25, 0.3) is 72.7 Å². The second-order valence-electron chi connectivity index (χ2n) is 19.0. The zero-order chi connectivity index (χ0) is 45.0. The summed E-state index contributed by atoms with van der Waals surface area (Å²) in [6.45, 7) is 20.7. The van der Waals surface area contributed by atoms with Gasteiger partial charge in [-0.25, -0.2) is 0 Å². The minimum Gasteiger partial charge on any atom is -0.278 e. The van der Waals surface area contributed by atoms with Crippen LogP contribution in [0.5, 0.6) is 0 Å². The fourth-order valence-electron chi connectivity index (χ4n) is 10.7. The third kappa shape index (κ3) is 8.53. The van der Waals surface area contributed by atoms with E-state index in [1.54, 1.807) is 0 Å². The number of aromatic nitrogens is 3. The third-order valence-corrected chi connectivity index (χ3v) is 13.5. The molecule has 0 saturated heterocycles. The lowest BCUT2D eigenvalue weighted by Gasteiger charge is -2.33. The van der Waals surface area contributed by atoms with Gasteiger partial charge in [0.15, 0.2) is 5.82 Å². The average Bonchev–Trinajstić information content (AvgIpc) is 3.76. The number of hydrogen-bond donors (Lipinski definition) is 0. The van der Waals surface area contributed by atoms with E-state index in [4.69, 9.17) is 10.2 Å². The monoisotopic (exact) mass is 840 g/mol. The predicted octanol–water partition coefficient (Wildman–Crippen LogP) is 17.1. The van der Waals surface area contributed by atoms with E-state index in [1.165, 1.54) is 77.9 Å². The molecule has 0 aliphatic heterocycles. The molecule has 3 nitrogen and oxygen atoms in total. The second kappa shape index (κ2) is 18.8. The molecule has 0 bridgehead atoms. The van der Waals surface area contributed by atoms with E-state index in [9.17, 15) is 0 Å². The van der Waals surface area contributed by atoms with Crippen molar-refractivity contribution in [3.05, 3.63) is 186 Å². The molecule has 0 atom stereocenters. The van der Waals surface area contributed by atoms with Gasteiger partial charge in [0.2, 0.25) is 0 Å². The zero-order valence-electron chi connectivity index (χ0n) is 39.6. The molecule has 1 heterocycles. The van der Waals surface area contributed by atoms with E-state index in [-0.39, 0.29) is 10.8 Å². The molecule has 3 heteroatoms. The molecule has 0 amide bonds. The highest BCUT2D eigenvalue weighted by atomic mass is 15.3. The van der Waals surface area contributed by atoms with Crippen LogP contribution in [-0.2, 0) is 10.8 Å². The number of nitrogens with zero attached hydrogens (tertiary/aromatic N) is 3. The van der Waals surface area contributed by atoms with Gasteiger partial charge in [-0.3, -0.25) is 4.57 Å². The molecular formula is C61H65N3. The molecule has 0 aliphatic carbocycles. The van der Waals surface area contributed by atoms with Gasteiger partial charge in [-0.15, -0.1) is 10.2 Å². The molecule has 324 valence electrons. The van der Waals surface area contributed by atoms with Crippen molar-refractivity contribution < 1.29 is 0 Å². The summed E-state index contributed by atoms with van der Waals surface area (Å²) >= 11 is 0. The molecule has 1 aromatic heterocycles. The Kier molecular flexibility index (Phi) is 13.0. The van der Waals surface area contributed by atoms with Gasteiger partial charge in [0.1, 0.15) is 5.82 Å². The number of rotatable bonds is 14. The molecule has 7 aromatic carbocycles. The van der Waals surface area contributed by atoms with Crippen LogP contribution in [0.1, 0.15) is 108 Å². The standard InChI is InChI=1S/C61H65N3/c1-10-37-61(38-11-2,39-12-3)59-63-62-58(64(59)54-36-33-49(41-53(54)46-23-16-13-17-24-46)45-31-34-52(35-32-45)60(7,8)9)51-30-22-29-50(40-51)57-43(5)55(47-25-18-14-19-26-47)42(4)56(44(57)6)48-27-20-15-21-28-48/h13-36,40-41H,10-12,37-39H2,1-9H3. The minimum atomic E-state index is -0.129. The lowest BCUT2D eigenvalue weighted by Crippen LogP contribution is -2.30. The Labute approximate surface area is 383 Å². The molecule has 0 fully saturated rings. The Morgan fingerprint density at radius 2 is 0.875 bits per heavy atom.